The minimum absolute atomic E-state index is 0. The summed E-state index contributed by atoms with van der Waals surface area (Å²) in [6, 6.07) is 8.05. The molecule has 2 atom stereocenters. The maximum Gasteiger partial charge on any atom is 0.236 e. The van der Waals surface area contributed by atoms with E-state index < -0.39 is 0 Å². The van der Waals surface area contributed by atoms with Gasteiger partial charge in [-0.15, -0.1) is 12.4 Å². The molecule has 1 fully saturated rings. The topological polar surface area (TPSA) is 41.6 Å². The smallest absolute Gasteiger partial charge is 0.236 e. The number of hydrogen-bond acceptors (Lipinski definition) is 3. The van der Waals surface area contributed by atoms with E-state index >= 15 is 0 Å². The fourth-order valence-corrected chi connectivity index (χ4v) is 3.33. The highest BCUT2D eigenvalue weighted by molar-refractivity contribution is 6.06. The van der Waals surface area contributed by atoms with Gasteiger partial charge in [-0.25, -0.2) is 0 Å². The van der Waals surface area contributed by atoms with Crippen LogP contribution >= 0.6 is 12.4 Å². The van der Waals surface area contributed by atoms with E-state index in [-0.39, 0.29) is 30.0 Å². The van der Waals surface area contributed by atoms with Crippen LogP contribution in [0.4, 0.5) is 5.69 Å². The van der Waals surface area contributed by atoms with Crippen molar-refractivity contribution in [2.24, 2.45) is 0 Å². The second-order valence-corrected chi connectivity index (χ2v) is 5.49. The molecule has 5 heteroatoms. The van der Waals surface area contributed by atoms with Gasteiger partial charge < -0.3 is 10.1 Å². The normalized spacial score (nSPS) is 26.8. The maximum atomic E-state index is 12.5. The zero-order valence-corrected chi connectivity index (χ0v) is 12.7. The Bertz CT molecular complexity index is 508. The first-order valence-corrected chi connectivity index (χ1v) is 6.85. The van der Waals surface area contributed by atoms with E-state index in [9.17, 15) is 4.79 Å². The minimum Gasteiger partial charge on any atom is -0.367 e. The lowest BCUT2D eigenvalue weighted by atomic mass is 9.75. The van der Waals surface area contributed by atoms with Gasteiger partial charge in [0.2, 0.25) is 5.91 Å². The molecule has 2 aliphatic rings. The van der Waals surface area contributed by atoms with E-state index in [0.29, 0.717) is 0 Å². The van der Waals surface area contributed by atoms with Crippen molar-refractivity contribution in [3.8, 4) is 0 Å². The molecule has 0 aliphatic carbocycles. The van der Waals surface area contributed by atoms with E-state index in [0.717, 1.165) is 37.2 Å². The van der Waals surface area contributed by atoms with Crippen LogP contribution in [0.1, 0.15) is 25.3 Å². The summed E-state index contributed by atoms with van der Waals surface area (Å²) in [4.78, 5) is 14.7. The summed E-state index contributed by atoms with van der Waals surface area (Å²) in [5.74, 6) is 0.140. The number of hydrogen-bond donors (Lipinski definition) is 1. The number of likely N-dealkylation sites (tertiary alicyclic amines) is 1. The van der Waals surface area contributed by atoms with Crippen LogP contribution in [0.3, 0.4) is 0 Å². The Hall–Kier alpha value is -1.10. The van der Waals surface area contributed by atoms with Gasteiger partial charge in [0.25, 0.3) is 0 Å². The van der Waals surface area contributed by atoms with Crippen molar-refractivity contribution >= 4 is 24.0 Å². The van der Waals surface area contributed by atoms with E-state index in [4.69, 9.17) is 4.74 Å². The Morgan fingerprint density at radius 3 is 2.90 bits per heavy atom. The summed E-state index contributed by atoms with van der Waals surface area (Å²) >= 11 is 0. The molecule has 2 heterocycles. The number of nitrogens with zero attached hydrogens (tertiary/aromatic N) is 1. The molecule has 2 aliphatic heterocycles. The van der Waals surface area contributed by atoms with E-state index in [1.165, 1.54) is 0 Å². The SMILES string of the molecule is COC(C)N1CCCC2(C1)C(=O)Nc1ccccc12.Cl. The number of amides is 1. The number of rotatable bonds is 2. The molecule has 3 rings (SSSR count). The molecule has 1 aromatic rings. The Morgan fingerprint density at radius 2 is 2.15 bits per heavy atom. The van der Waals surface area contributed by atoms with E-state index in [1.807, 2.05) is 25.1 Å². The molecule has 2 unspecified atom stereocenters. The molecule has 1 N–H and O–H groups in total. The fraction of sp³-hybridized carbons (Fsp3) is 0.533. The first-order valence-electron chi connectivity index (χ1n) is 6.85. The molecule has 110 valence electrons. The lowest BCUT2D eigenvalue weighted by Crippen LogP contribution is -2.52. The van der Waals surface area contributed by atoms with Crippen molar-refractivity contribution in [3.63, 3.8) is 0 Å². The third-order valence-corrected chi connectivity index (χ3v) is 4.50. The number of para-hydroxylation sites is 1. The Kier molecular flexibility index (Phi) is 4.37. The highest BCUT2D eigenvalue weighted by Crippen LogP contribution is 2.43. The largest absolute Gasteiger partial charge is 0.367 e. The summed E-state index contributed by atoms with van der Waals surface area (Å²) in [6.07, 6.45) is 2.00. The predicted molar refractivity (Wildman–Crippen MR) is 81.3 cm³/mol. The van der Waals surface area contributed by atoms with Crippen molar-refractivity contribution in [1.29, 1.82) is 0 Å². The third-order valence-electron chi connectivity index (χ3n) is 4.50. The van der Waals surface area contributed by atoms with Crippen molar-refractivity contribution < 1.29 is 9.53 Å². The molecule has 1 aromatic carbocycles. The summed E-state index contributed by atoms with van der Waals surface area (Å²) < 4.78 is 5.41. The maximum absolute atomic E-state index is 12.5. The molecule has 1 amide bonds. The van der Waals surface area contributed by atoms with E-state index in [1.54, 1.807) is 7.11 Å². The third kappa shape index (κ3) is 2.22. The van der Waals surface area contributed by atoms with Crippen LogP contribution in [0.15, 0.2) is 24.3 Å². The zero-order chi connectivity index (χ0) is 13.5. The number of ether oxygens (including phenoxy) is 1. The van der Waals surface area contributed by atoms with Crippen LogP contribution in [-0.4, -0.2) is 37.2 Å². The van der Waals surface area contributed by atoms with Gasteiger partial charge in [-0.3, -0.25) is 9.69 Å². The second kappa shape index (κ2) is 5.72. The Morgan fingerprint density at radius 1 is 1.40 bits per heavy atom. The van der Waals surface area contributed by atoms with Gasteiger partial charge >= 0.3 is 0 Å². The molecule has 4 nitrogen and oxygen atoms in total. The second-order valence-electron chi connectivity index (χ2n) is 5.49. The number of carbonyl (C=O) groups is 1. The molecule has 1 spiro atoms. The summed E-state index contributed by atoms with van der Waals surface area (Å²) in [6.45, 7) is 3.77. The first-order chi connectivity index (χ1) is 9.17. The monoisotopic (exact) mass is 296 g/mol. The number of methoxy groups -OCH3 is 1. The van der Waals surface area contributed by atoms with Gasteiger partial charge in [0.05, 0.1) is 5.41 Å². The standard InChI is InChI=1S/C15H20N2O2.ClH/c1-11(19-2)17-9-5-8-15(10-17)12-6-3-4-7-13(12)16-14(15)18;/h3-4,6-7,11H,5,8-10H2,1-2H3,(H,16,18);1H. The number of fused-ring (bicyclic) bond motifs is 2. The Labute approximate surface area is 125 Å². The number of carbonyl (C=O) groups excluding carboxylic acids is 1. The van der Waals surface area contributed by atoms with Crippen molar-refractivity contribution in [2.45, 2.75) is 31.4 Å². The molecule has 1 saturated heterocycles. The fourth-order valence-electron chi connectivity index (χ4n) is 3.33. The molecule has 0 saturated carbocycles. The van der Waals surface area contributed by atoms with Crippen LogP contribution in [0.5, 0.6) is 0 Å². The summed E-state index contributed by atoms with van der Waals surface area (Å²) in [5.41, 5.74) is 1.73. The lowest BCUT2D eigenvalue weighted by Gasteiger charge is -2.41. The average Bonchev–Trinajstić information content (AvgIpc) is 2.71. The van der Waals surface area contributed by atoms with Crippen molar-refractivity contribution in [2.75, 3.05) is 25.5 Å². The first kappa shape index (κ1) is 15.3. The van der Waals surface area contributed by atoms with Crippen LogP contribution in [0.25, 0.3) is 0 Å². The van der Waals surface area contributed by atoms with Crippen molar-refractivity contribution in [1.82, 2.24) is 4.90 Å². The molecule has 0 radical (unpaired) electrons. The minimum atomic E-state index is -0.387. The lowest BCUT2D eigenvalue weighted by molar-refractivity contribution is -0.125. The van der Waals surface area contributed by atoms with Gasteiger partial charge in [-0.1, -0.05) is 18.2 Å². The van der Waals surface area contributed by atoms with Gasteiger partial charge in [0, 0.05) is 25.9 Å². The highest BCUT2D eigenvalue weighted by Gasteiger charge is 2.49. The van der Waals surface area contributed by atoms with Crippen LogP contribution in [0.2, 0.25) is 0 Å². The molecule has 0 bridgehead atoms. The number of piperidine rings is 1. The number of benzene rings is 1. The molecular weight excluding hydrogens is 276 g/mol. The van der Waals surface area contributed by atoms with E-state index in [2.05, 4.69) is 16.3 Å². The molecule has 0 aromatic heterocycles. The molecule has 20 heavy (non-hydrogen) atoms. The van der Waals surface area contributed by atoms with Gasteiger partial charge in [0.15, 0.2) is 0 Å². The van der Waals surface area contributed by atoms with Gasteiger partial charge in [0.1, 0.15) is 6.23 Å². The Balaban J connectivity index is 0.00000147. The van der Waals surface area contributed by atoms with Crippen LogP contribution < -0.4 is 5.32 Å². The number of halogens is 1. The predicted octanol–water partition coefficient (Wildman–Crippen LogP) is 2.39. The summed E-state index contributed by atoms with van der Waals surface area (Å²) in [5, 5.41) is 3.03. The quantitative estimate of drug-likeness (QED) is 0.911. The summed E-state index contributed by atoms with van der Waals surface area (Å²) in [7, 11) is 1.72. The van der Waals surface area contributed by atoms with Crippen molar-refractivity contribution in [3.05, 3.63) is 29.8 Å². The zero-order valence-electron chi connectivity index (χ0n) is 11.9. The van der Waals surface area contributed by atoms with Gasteiger partial charge in [-0.2, -0.15) is 0 Å². The average molecular weight is 297 g/mol. The molecular formula is C15H21ClN2O2. The highest BCUT2D eigenvalue weighted by atomic mass is 35.5. The van der Waals surface area contributed by atoms with Crippen LogP contribution in [-0.2, 0) is 14.9 Å². The van der Waals surface area contributed by atoms with Crippen LogP contribution in [0, 0.1) is 0 Å². The number of nitrogens with one attached hydrogen (secondary N) is 1. The number of anilines is 1. The van der Waals surface area contributed by atoms with Gasteiger partial charge in [-0.05, 0) is 31.4 Å².